The normalized spacial score (nSPS) is 24.9. The number of carbonyl (C=O) groups is 1. The SMILES string of the molecule is CC(=O)[C@@H]1CC(=COCc2ccccc2)O[C@H]1C. The zero-order valence-electron chi connectivity index (χ0n) is 10.8. The van der Waals surface area contributed by atoms with E-state index in [1.807, 2.05) is 37.3 Å². The lowest BCUT2D eigenvalue weighted by atomic mass is 9.98. The number of hydrogen-bond acceptors (Lipinski definition) is 3. The Morgan fingerprint density at radius 2 is 2.17 bits per heavy atom. The van der Waals surface area contributed by atoms with Crippen molar-refractivity contribution < 1.29 is 14.3 Å². The number of allylic oxidation sites excluding steroid dienone is 1. The van der Waals surface area contributed by atoms with Gasteiger partial charge in [0.2, 0.25) is 0 Å². The molecule has 3 heteroatoms. The van der Waals surface area contributed by atoms with Gasteiger partial charge in [-0.1, -0.05) is 30.3 Å². The number of carbonyl (C=O) groups excluding carboxylic acids is 1. The zero-order chi connectivity index (χ0) is 13.0. The summed E-state index contributed by atoms with van der Waals surface area (Å²) in [6.07, 6.45) is 2.23. The van der Waals surface area contributed by atoms with E-state index in [-0.39, 0.29) is 17.8 Å². The van der Waals surface area contributed by atoms with Gasteiger partial charge in [0, 0.05) is 6.42 Å². The Bertz CT molecular complexity index is 436. The van der Waals surface area contributed by atoms with Crippen molar-refractivity contribution in [1.82, 2.24) is 0 Å². The van der Waals surface area contributed by atoms with E-state index in [0.717, 1.165) is 11.3 Å². The number of rotatable bonds is 4. The molecule has 2 atom stereocenters. The predicted molar refractivity (Wildman–Crippen MR) is 68.6 cm³/mol. The minimum Gasteiger partial charge on any atom is -0.493 e. The molecule has 0 bridgehead atoms. The summed E-state index contributed by atoms with van der Waals surface area (Å²) in [6, 6.07) is 9.95. The van der Waals surface area contributed by atoms with Crippen LogP contribution in [0.1, 0.15) is 25.8 Å². The van der Waals surface area contributed by atoms with Gasteiger partial charge in [0.05, 0.1) is 5.92 Å². The fourth-order valence-corrected chi connectivity index (χ4v) is 2.11. The first kappa shape index (κ1) is 12.7. The van der Waals surface area contributed by atoms with Gasteiger partial charge in [0.15, 0.2) is 0 Å². The number of ether oxygens (including phenoxy) is 2. The van der Waals surface area contributed by atoms with Crippen LogP contribution in [0.15, 0.2) is 42.4 Å². The van der Waals surface area contributed by atoms with Crippen LogP contribution in [0.25, 0.3) is 0 Å². The molecular weight excluding hydrogens is 228 g/mol. The van der Waals surface area contributed by atoms with Crippen molar-refractivity contribution in [3.8, 4) is 0 Å². The summed E-state index contributed by atoms with van der Waals surface area (Å²) in [6.45, 7) is 4.05. The third-order valence-corrected chi connectivity index (χ3v) is 3.15. The van der Waals surface area contributed by atoms with Crippen LogP contribution in [0.3, 0.4) is 0 Å². The second kappa shape index (κ2) is 5.71. The molecule has 18 heavy (non-hydrogen) atoms. The number of Topliss-reactive ketones (excluding diaryl/α,β-unsaturated/α-hetero) is 1. The van der Waals surface area contributed by atoms with Crippen LogP contribution in [-0.2, 0) is 20.9 Å². The number of benzene rings is 1. The summed E-state index contributed by atoms with van der Waals surface area (Å²) in [5, 5.41) is 0. The standard InChI is InChI=1S/C15H18O3/c1-11(16)15-8-14(18-12(15)2)10-17-9-13-6-4-3-5-7-13/h3-7,10,12,15H,8-9H2,1-2H3/t12-,15-/m0/s1. The van der Waals surface area contributed by atoms with Crippen LogP contribution in [0, 0.1) is 5.92 Å². The van der Waals surface area contributed by atoms with E-state index in [4.69, 9.17) is 9.47 Å². The molecule has 1 saturated heterocycles. The van der Waals surface area contributed by atoms with E-state index in [1.165, 1.54) is 0 Å². The highest BCUT2D eigenvalue weighted by atomic mass is 16.5. The van der Waals surface area contributed by atoms with E-state index in [1.54, 1.807) is 13.2 Å². The molecule has 0 unspecified atom stereocenters. The Labute approximate surface area is 107 Å². The lowest BCUT2D eigenvalue weighted by Crippen LogP contribution is -2.18. The quantitative estimate of drug-likeness (QED) is 0.766. The summed E-state index contributed by atoms with van der Waals surface area (Å²) >= 11 is 0. The average Bonchev–Trinajstić information content (AvgIpc) is 2.72. The smallest absolute Gasteiger partial charge is 0.137 e. The van der Waals surface area contributed by atoms with Gasteiger partial charge in [-0.2, -0.15) is 0 Å². The summed E-state index contributed by atoms with van der Waals surface area (Å²) in [7, 11) is 0. The minimum atomic E-state index is -0.0472. The van der Waals surface area contributed by atoms with Gasteiger partial charge in [-0.15, -0.1) is 0 Å². The van der Waals surface area contributed by atoms with Crippen LogP contribution in [0.4, 0.5) is 0 Å². The third kappa shape index (κ3) is 3.13. The van der Waals surface area contributed by atoms with Gasteiger partial charge in [0.25, 0.3) is 0 Å². The van der Waals surface area contributed by atoms with E-state index in [2.05, 4.69) is 0 Å². The maximum Gasteiger partial charge on any atom is 0.137 e. The molecule has 1 aromatic rings. The maximum atomic E-state index is 11.3. The van der Waals surface area contributed by atoms with Crippen molar-refractivity contribution in [2.24, 2.45) is 5.92 Å². The first-order valence-electron chi connectivity index (χ1n) is 6.18. The molecule has 0 N–H and O–H groups in total. The van der Waals surface area contributed by atoms with Crippen molar-refractivity contribution in [1.29, 1.82) is 0 Å². The van der Waals surface area contributed by atoms with Gasteiger partial charge in [0.1, 0.15) is 30.5 Å². The second-order valence-corrected chi connectivity index (χ2v) is 4.63. The topological polar surface area (TPSA) is 35.5 Å². The molecule has 0 aliphatic carbocycles. The molecule has 0 radical (unpaired) electrons. The molecule has 3 nitrogen and oxygen atoms in total. The lowest BCUT2D eigenvalue weighted by Gasteiger charge is -2.08. The van der Waals surface area contributed by atoms with Crippen molar-refractivity contribution in [3.63, 3.8) is 0 Å². The number of ketones is 1. The second-order valence-electron chi connectivity index (χ2n) is 4.63. The summed E-state index contributed by atoms with van der Waals surface area (Å²) in [5.41, 5.74) is 1.11. The van der Waals surface area contributed by atoms with Crippen LogP contribution in [0.5, 0.6) is 0 Å². The molecule has 1 aliphatic heterocycles. The summed E-state index contributed by atoms with van der Waals surface area (Å²) in [5.74, 6) is 0.907. The van der Waals surface area contributed by atoms with E-state index >= 15 is 0 Å². The van der Waals surface area contributed by atoms with Crippen molar-refractivity contribution >= 4 is 5.78 Å². The molecule has 0 saturated carbocycles. The van der Waals surface area contributed by atoms with Crippen molar-refractivity contribution in [2.45, 2.75) is 33.0 Å². The number of hydrogen-bond donors (Lipinski definition) is 0. The predicted octanol–water partition coefficient (Wildman–Crippen LogP) is 3.06. The Morgan fingerprint density at radius 3 is 2.78 bits per heavy atom. The summed E-state index contributed by atoms with van der Waals surface area (Å²) in [4.78, 5) is 11.3. The fourth-order valence-electron chi connectivity index (χ4n) is 2.11. The molecule has 0 aromatic heterocycles. The van der Waals surface area contributed by atoms with Crippen LogP contribution in [-0.4, -0.2) is 11.9 Å². The molecule has 0 amide bonds. The zero-order valence-corrected chi connectivity index (χ0v) is 10.8. The van der Waals surface area contributed by atoms with Gasteiger partial charge in [-0.25, -0.2) is 0 Å². The molecule has 96 valence electrons. The first-order valence-corrected chi connectivity index (χ1v) is 6.18. The molecule has 1 fully saturated rings. The molecule has 1 aromatic carbocycles. The van der Waals surface area contributed by atoms with Gasteiger partial charge < -0.3 is 9.47 Å². The van der Waals surface area contributed by atoms with Gasteiger partial charge in [-0.05, 0) is 19.4 Å². The molecule has 1 heterocycles. The largest absolute Gasteiger partial charge is 0.493 e. The molecule has 0 spiro atoms. The highest BCUT2D eigenvalue weighted by Gasteiger charge is 2.32. The molecule has 2 rings (SSSR count). The Kier molecular flexibility index (Phi) is 4.03. The average molecular weight is 246 g/mol. The highest BCUT2D eigenvalue weighted by Crippen LogP contribution is 2.29. The maximum absolute atomic E-state index is 11.3. The third-order valence-electron chi connectivity index (χ3n) is 3.15. The monoisotopic (exact) mass is 246 g/mol. The Balaban J connectivity index is 1.86. The Morgan fingerprint density at radius 1 is 1.44 bits per heavy atom. The molecular formula is C15H18O3. The fraction of sp³-hybridized carbons (Fsp3) is 0.400. The van der Waals surface area contributed by atoms with Crippen LogP contribution < -0.4 is 0 Å². The lowest BCUT2D eigenvalue weighted by molar-refractivity contribution is -0.121. The van der Waals surface area contributed by atoms with Crippen LogP contribution in [0.2, 0.25) is 0 Å². The highest BCUT2D eigenvalue weighted by molar-refractivity contribution is 5.79. The van der Waals surface area contributed by atoms with Crippen molar-refractivity contribution in [3.05, 3.63) is 47.9 Å². The summed E-state index contributed by atoms with van der Waals surface area (Å²) < 4.78 is 11.1. The Hall–Kier alpha value is -1.77. The van der Waals surface area contributed by atoms with E-state index in [9.17, 15) is 4.79 Å². The van der Waals surface area contributed by atoms with Gasteiger partial charge in [-0.3, -0.25) is 4.79 Å². The molecule has 1 aliphatic rings. The van der Waals surface area contributed by atoms with E-state index in [0.29, 0.717) is 13.0 Å². The first-order chi connectivity index (χ1) is 8.66. The van der Waals surface area contributed by atoms with E-state index < -0.39 is 0 Å². The van der Waals surface area contributed by atoms with Gasteiger partial charge >= 0.3 is 0 Å². The van der Waals surface area contributed by atoms with Crippen molar-refractivity contribution in [2.75, 3.05) is 0 Å². The van der Waals surface area contributed by atoms with Crippen LogP contribution >= 0.6 is 0 Å². The minimum absolute atomic E-state index is 0.0309.